The lowest BCUT2D eigenvalue weighted by Gasteiger charge is -2.16. The molecule has 0 bridgehead atoms. The van der Waals surface area contributed by atoms with Gasteiger partial charge in [0.15, 0.2) is 0 Å². The van der Waals surface area contributed by atoms with Crippen molar-refractivity contribution in [3.05, 3.63) is 0 Å². The lowest BCUT2D eigenvalue weighted by Crippen LogP contribution is -2.26. The number of nitrogens with two attached hydrogens (primary N) is 1. The lowest BCUT2D eigenvalue weighted by atomic mass is 9.89. The van der Waals surface area contributed by atoms with E-state index in [9.17, 15) is 4.79 Å². The van der Waals surface area contributed by atoms with Gasteiger partial charge in [-0.25, -0.2) is 0 Å². The number of hydrogen-bond donors (Lipinski definition) is 2. The van der Waals surface area contributed by atoms with Crippen LogP contribution in [0.25, 0.3) is 0 Å². The molecule has 0 saturated heterocycles. The molecule has 0 spiro atoms. The van der Waals surface area contributed by atoms with Crippen LogP contribution in [0, 0.1) is 5.41 Å². The van der Waals surface area contributed by atoms with Crippen LogP contribution in [-0.2, 0) is 4.79 Å². The van der Waals surface area contributed by atoms with Gasteiger partial charge in [-0.05, 0) is 26.2 Å². The topological polar surface area (TPSA) is 63.3 Å². The van der Waals surface area contributed by atoms with E-state index in [0.717, 1.165) is 12.8 Å². The number of aliphatic carboxylic acids is 1. The zero-order valence-electron chi connectivity index (χ0n) is 6.13. The van der Waals surface area contributed by atoms with Gasteiger partial charge in [0.1, 0.15) is 0 Å². The van der Waals surface area contributed by atoms with Crippen LogP contribution in [0.1, 0.15) is 26.2 Å². The van der Waals surface area contributed by atoms with Crippen molar-refractivity contribution in [1.82, 2.24) is 0 Å². The quantitative estimate of drug-likeness (QED) is 0.564. The zero-order chi connectivity index (χ0) is 7.78. The molecule has 0 amide bonds. The van der Waals surface area contributed by atoms with Gasteiger partial charge >= 0.3 is 5.97 Å². The van der Waals surface area contributed by atoms with Crippen molar-refractivity contribution in [3.63, 3.8) is 0 Å². The molecule has 1 rings (SSSR count). The van der Waals surface area contributed by atoms with Gasteiger partial charge in [0.25, 0.3) is 0 Å². The minimum atomic E-state index is -0.708. The molecule has 3 nitrogen and oxygen atoms in total. The van der Waals surface area contributed by atoms with Gasteiger partial charge < -0.3 is 10.8 Å². The van der Waals surface area contributed by atoms with E-state index in [0.29, 0.717) is 6.42 Å². The Balaban J connectivity index is 2.63. The van der Waals surface area contributed by atoms with Crippen LogP contribution in [0.5, 0.6) is 0 Å². The first kappa shape index (κ1) is 7.54. The van der Waals surface area contributed by atoms with Gasteiger partial charge in [0.2, 0.25) is 0 Å². The molecule has 58 valence electrons. The molecule has 1 aliphatic rings. The fourth-order valence-electron chi connectivity index (χ4n) is 1.48. The Kier molecular flexibility index (Phi) is 1.68. The van der Waals surface area contributed by atoms with Crippen molar-refractivity contribution in [3.8, 4) is 0 Å². The first-order valence-corrected chi connectivity index (χ1v) is 3.53. The molecular weight excluding hydrogens is 130 g/mol. The molecule has 0 aliphatic heterocycles. The fourth-order valence-corrected chi connectivity index (χ4v) is 1.48. The molecule has 1 aliphatic carbocycles. The van der Waals surface area contributed by atoms with Crippen LogP contribution < -0.4 is 5.73 Å². The molecular formula is C7H13NO2. The molecule has 0 aromatic carbocycles. The van der Waals surface area contributed by atoms with Crippen molar-refractivity contribution in [2.45, 2.75) is 32.2 Å². The molecule has 0 radical (unpaired) electrons. The van der Waals surface area contributed by atoms with E-state index >= 15 is 0 Å². The molecule has 2 unspecified atom stereocenters. The summed E-state index contributed by atoms with van der Waals surface area (Å²) in [6.07, 6.45) is 2.20. The molecule has 1 saturated carbocycles. The number of rotatable bonds is 1. The van der Waals surface area contributed by atoms with Gasteiger partial charge in [-0.2, -0.15) is 0 Å². The number of hydrogen-bond acceptors (Lipinski definition) is 2. The first-order valence-electron chi connectivity index (χ1n) is 3.53. The number of carboxylic acids is 1. The molecule has 0 aromatic heterocycles. The molecule has 3 N–H and O–H groups in total. The fraction of sp³-hybridized carbons (Fsp3) is 0.857. The Labute approximate surface area is 60.2 Å². The van der Waals surface area contributed by atoms with E-state index in [2.05, 4.69) is 0 Å². The highest BCUT2D eigenvalue weighted by molar-refractivity contribution is 5.74. The van der Waals surface area contributed by atoms with Gasteiger partial charge in [-0.15, -0.1) is 0 Å². The smallest absolute Gasteiger partial charge is 0.309 e. The molecule has 2 atom stereocenters. The average molecular weight is 143 g/mol. The van der Waals surface area contributed by atoms with E-state index in [1.807, 2.05) is 0 Å². The summed E-state index contributed by atoms with van der Waals surface area (Å²) in [5.41, 5.74) is 5.04. The lowest BCUT2D eigenvalue weighted by molar-refractivity contribution is -0.147. The zero-order valence-corrected chi connectivity index (χ0v) is 6.13. The Morgan fingerprint density at radius 1 is 1.80 bits per heavy atom. The highest BCUT2D eigenvalue weighted by atomic mass is 16.4. The van der Waals surface area contributed by atoms with Crippen LogP contribution in [0.15, 0.2) is 0 Å². The largest absolute Gasteiger partial charge is 0.481 e. The van der Waals surface area contributed by atoms with Crippen molar-refractivity contribution in [2.75, 3.05) is 0 Å². The Morgan fingerprint density at radius 3 is 2.60 bits per heavy atom. The van der Waals surface area contributed by atoms with Gasteiger partial charge in [-0.1, -0.05) is 0 Å². The van der Waals surface area contributed by atoms with E-state index in [-0.39, 0.29) is 6.04 Å². The Hall–Kier alpha value is -0.570. The molecule has 0 aromatic rings. The minimum Gasteiger partial charge on any atom is -0.481 e. The molecule has 3 heteroatoms. The summed E-state index contributed by atoms with van der Waals surface area (Å²) in [5, 5.41) is 8.73. The van der Waals surface area contributed by atoms with Crippen molar-refractivity contribution < 1.29 is 9.90 Å². The summed E-state index contributed by atoms with van der Waals surface area (Å²) < 4.78 is 0. The summed E-state index contributed by atoms with van der Waals surface area (Å²) in [6, 6.07) is 0.0982. The van der Waals surface area contributed by atoms with Crippen LogP contribution >= 0.6 is 0 Å². The second kappa shape index (κ2) is 2.23. The van der Waals surface area contributed by atoms with Crippen LogP contribution in [-0.4, -0.2) is 17.1 Å². The number of carbonyl (C=O) groups is 1. The van der Waals surface area contributed by atoms with Gasteiger partial charge in [0.05, 0.1) is 5.41 Å². The summed E-state index contributed by atoms with van der Waals surface area (Å²) in [4.78, 5) is 10.6. The van der Waals surface area contributed by atoms with Crippen LogP contribution in [0.2, 0.25) is 0 Å². The SMILES string of the molecule is CC1(C(=O)O)CCC(N)C1. The van der Waals surface area contributed by atoms with Gasteiger partial charge in [0, 0.05) is 6.04 Å². The highest BCUT2D eigenvalue weighted by Crippen LogP contribution is 2.36. The summed E-state index contributed by atoms with van der Waals surface area (Å²) in [6.45, 7) is 1.77. The summed E-state index contributed by atoms with van der Waals surface area (Å²) in [7, 11) is 0. The van der Waals surface area contributed by atoms with E-state index < -0.39 is 11.4 Å². The molecule has 10 heavy (non-hydrogen) atoms. The molecule has 0 heterocycles. The second-order valence-electron chi connectivity index (χ2n) is 3.37. The maximum Gasteiger partial charge on any atom is 0.309 e. The van der Waals surface area contributed by atoms with Crippen LogP contribution in [0.3, 0.4) is 0 Å². The van der Waals surface area contributed by atoms with E-state index in [1.165, 1.54) is 0 Å². The van der Waals surface area contributed by atoms with Crippen molar-refractivity contribution in [2.24, 2.45) is 11.1 Å². The predicted octanol–water partition coefficient (Wildman–Crippen LogP) is 0.588. The minimum absolute atomic E-state index is 0.0982. The monoisotopic (exact) mass is 143 g/mol. The van der Waals surface area contributed by atoms with Gasteiger partial charge in [-0.3, -0.25) is 4.79 Å². The first-order chi connectivity index (χ1) is 4.54. The maximum atomic E-state index is 10.6. The Morgan fingerprint density at radius 2 is 2.40 bits per heavy atom. The van der Waals surface area contributed by atoms with Crippen molar-refractivity contribution in [1.29, 1.82) is 0 Å². The third-order valence-corrected chi connectivity index (χ3v) is 2.30. The summed E-state index contributed by atoms with van der Waals surface area (Å²) >= 11 is 0. The number of carboxylic acid groups (broad SMARTS) is 1. The predicted molar refractivity (Wildman–Crippen MR) is 37.6 cm³/mol. The molecule has 1 fully saturated rings. The normalized spacial score (nSPS) is 40.0. The van der Waals surface area contributed by atoms with Crippen molar-refractivity contribution >= 4 is 5.97 Å². The van der Waals surface area contributed by atoms with Crippen LogP contribution in [0.4, 0.5) is 0 Å². The average Bonchev–Trinajstić information content (AvgIpc) is 2.13. The maximum absolute atomic E-state index is 10.6. The Bertz CT molecular complexity index is 158. The third-order valence-electron chi connectivity index (χ3n) is 2.30. The standard InChI is InChI=1S/C7H13NO2/c1-7(6(9)10)3-2-5(8)4-7/h5H,2-4,8H2,1H3,(H,9,10). The highest BCUT2D eigenvalue weighted by Gasteiger charge is 2.39. The van der Waals surface area contributed by atoms with E-state index in [4.69, 9.17) is 10.8 Å². The summed E-state index contributed by atoms with van der Waals surface area (Å²) in [5.74, 6) is -0.708. The van der Waals surface area contributed by atoms with E-state index in [1.54, 1.807) is 6.92 Å². The second-order valence-corrected chi connectivity index (χ2v) is 3.37. The third kappa shape index (κ3) is 1.14.